The van der Waals surface area contributed by atoms with Gasteiger partial charge in [0, 0.05) is 18.5 Å². The van der Waals surface area contributed by atoms with Crippen LogP contribution in [0.4, 0.5) is 14.5 Å². The van der Waals surface area contributed by atoms with Crippen LogP contribution in [0.3, 0.4) is 0 Å². The van der Waals surface area contributed by atoms with Crippen LogP contribution in [0.1, 0.15) is 23.7 Å². The Hall–Kier alpha value is -2.40. The summed E-state index contributed by atoms with van der Waals surface area (Å²) in [6.07, 6.45) is 2.43. The molecule has 0 fully saturated rings. The Kier molecular flexibility index (Phi) is 5.24. The van der Waals surface area contributed by atoms with Crippen LogP contribution < -0.4 is 10.1 Å². The van der Waals surface area contributed by atoms with E-state index in [9.17, 15) is 22.0 Å². The second-order valence-electron chi connectivity index (χ2n) is 5.77. The number of nitrogens with one attached hydrogen (secondary N) is 2. The van der Waals surface area contributed by atoms with E-state index in [1.165, 1.54) is 12.4 Å². The van der Waals surface area contributed by atoms with Crippen molar-refractivity contribution in [2.75, 3.05) is 10.5 Å². The third-order valence-electron chi connectivity index (χ3n) is 3.81. The van der Waals surface area contributed by atoms with Crippen LogP contribution in [-0.2, 0) is 10.0 Å². The van der Waals surface area contributed by atoms with E-state index in [4.69, 9.17) is 11.6 Å². The number of ketones is 1. The van der Waals surface area contributed by atoms with Gasteiger partial charge in [0.2, 0.25) is 15.8 Å². The first-order valence-corrected chi connectivity index (χ1v) is 9.89. The zero-order valence-corrected chi connectivity index (χ0v) is 15.5. The lowest BCUT2D eigenvalue weighted by atomic mass is 9.99. The molecule has 0 bridgehead atoms. The van der Waals surface area contributed by atoms with Gasteiger partial charge in [-0.15, -0.1) is 0 Å². The molecule has 1 aromatic carbocycles. The molecule has 2 N–H and O–H groups in total. The average Bonchev–Trinajstić information content (AvgIpc) is 3.03. The minimum Gasteiger partial charge on any atom is -0.287 e. The predicted molar refractivity (Wildman–Crippen MR) is 98.5 cm³/mol. The number of hydrogen-bond acceptors (Lipinski definition) is 7. The highest BCUT2D eigenvalue weighted by Crippen LogP contribution is 2.32. The number of sulfonamides is 1. The summed E-state index contributed by atoms with van der Waals surface area (Å²) in [5.41, 5.74) is 1.11. The molecule has 0 saturated heterocycles. The van der Waals surface area contributed by atoms with Gasteiger partial charge in [0.15, 0.2) is 17.8 Å². The zero-order chi connectivity index (χ0) is 19.8. The van der Waals surface area contributed by atoms with Crippen LogP contribution in [0.25, 0.3) is 0 Å². The van der Waals surface area contributed by atoms with Crippen molar-refractivity contribution < 1.29 is 22.0 Å². The lowest BCUT2D eigenvalue weighted by molar-refractivity contribution is 0.105. The quantitative estimate of drug-likeness (QED) is 0.542. The first kappa shape index (κ1) is 19.4. The Balaban J connectivity index is 2.01. The van der Waals surface area contributed by atoms with E-state index in [1.54, 1.807) is 6.92 Å². The number of aliphatic imine (C=N–C) groups is 2. The summed E-state index contributed by atoms with van der Waals surface area (Å²) < 4.78 is 54.3. The second kappa shape index (κ2) is 7.31. The SMILES string of the molecule is CCCS(=O)(=O)Nc1cc(F)c(F)c(C(=O)C2=NNC3N=CC=NC23)c1Cl. The fourth-order valence-corrected chi connectivity index (χ4v) is 4.09. The molecule has 0 aliphatic carbocycles. The molecule has 0 amide bonds. The largest absolute Gasteiger partial charge is 0.287 e. The van der Waals surface area contributed by atoms with Gasteiger partial charge in [-0.2, -0.15) is 5.10 Å². The number of halogens is 3. The Morgan fingerprint density at radius 1 is 1.33 bits per heavy atom. The Morgan fingerprint density at radius 2 is 2.04 bits per heavy atom. The summed E-state index contributed by atoms with van der Waals surface area (Å²) in [5, 5.41) is 3.24. The highest BCUT2D eigenvalue weighted by molar-refractivity contribution is 7.92. The molecule has 0 spiro atoms. The van der Waals surface area contributed by atoms with E-state index < -0.39 is 55.9 Å². The van der Waals surface area contributed by atoms with E-state index in [0.717, 1.165) is 0 Å². The number of hydrogen-bond donors (Lipinski definition) is 2. The Bertz CT molecular complexity index is 994. The molecule has 2 heterocycles. The van der Waals surface area contributed by atoms with Crippen molar-refractivity contribution >= 4 is 51.2 Å². The zero-order valence-electron chi connectivity index (χ0n) is 13.9. The fourth-order valence-electron chi connectivity index (χ4n) is 2.63. The smallest absolute Gasteiger partial charge is 0.232 e. The van der Waals surface area contributed by atoms with Gasteiger partial charge in [-0.1, -0.05) is 18.5 Å². The average molecular weight is 418 g/mol. The van der Waals surface area contributed by atoms with Gasteiger partial charge < -0.3 is 0 Å². The van der Waals surface area contributed by atoms with E-state index in [-0.39, 0.29) is 11.5 Å². The van der Waals surface area contributed by atoms with Crippen LogP contribution in [-0.4, -0.2) is 50.3 Å². The minimum atomic E-state index is -3.84. The van der Waals surface area contributed by atoms with E-state index in [1.807, 2.05) is 0 Å². The molecule has 2 aliphatic rings. The van der Waals surface area contributed by atoms with Gasteiger partial charge in [-0.3, -0.25) is 24.9 Å². The van der Waals surface area contributed by atoms with Gasteiger partial charge >= 0.3 is 0 Å². The molecule has 8 nitrogen and oxygen atoms in total. The summed E-state index contributed by atoms with van der Waals surface area (Å²) >= 11 is 6.04. The third kappa shape index (κ3) is 3.69. The molecule has 2 unspecified atom stereocenters. The number of fused-ring (bicyclic) bond motifs is 1. The molecule has 0 saturated carbocycles. The molecule has 27 heavy (non-hydrogen) atoms. The van der Waals surface area contributed by atoms with Gasteiger partial charge in [0.05, 0.1) is 22.0 Å². The maximum Gasteiger partial charge on any atom is 0.232 e. The molecule has 12 heteroatoms. The summed E-state index contributed by atoms with van der Waals surface area (Å²) in [6.45, 7) is 1.63. The lowest BCUT2D eigenvalue weighted by Gasteiger charge is -2.16. The van der Waals surface area contributed by atoms with Crippen LogP contribution in [0.15, 0.2) is 21.2 Å². The van der Waals surface area contributed by atoms with Gasteiger partial charge in [0.25, 0.3) is 0 Å². The van der Waals surface area contributed by atoms with E-state index in [0.29, 0.717) is 12.5 Å². The number of anilines is 1. The molecular weight excluding hydrogens is 404 g/mol. The molecule has 0 aromatic heterocycles. The fraction of sp³-hybridized carbons (Fsp3) is 0.333. The molecule has 2 aliphatic heterocycles. The van der Waals surface area contributed by atoms with Crippen molar-refractivity contribution in [3.8, 4) is 0 Å². The minimum absolute atomic E-state index is 0.207. The highest BCUT2D eigenvalue weighted by atomic mass is 35.5. The number of benzene rings is 1. The second-order valence-corrected chi connectivity index (χ2v) is 7.99. The van der Waals surface area contributed by atoms with Gasteiger partial charge in [0.1, 0.15) is 11.8 Å². The van der Waals surface area contributed by atoms with Crippen molar-refractivity contribution in [3.05, 3.63) is 28.3 Å². The maximum atomic E-state index is 14.4. The topological polar surface area (TPSA) is 112 Å². The van der Waals surface area contributed by atoms with Crippen LogP contribution in [0.5, 0.6) is 0 Å². The molecular formula is C15H14ClF2N5O3S. The Morgan fingerprint density at radius 3 is 2.74 bits per heavy atom. The van der Waals surface area contributed by atoms with Crippen molar-refractivity contribution in [2.24, 2.45) is 15.1 Å². The molecule has 144 valence electrons. The number of hydrazone groups is 1. The molecule has 1 aromatic rings. The normalized spacial score (nSPS) is 20.8. The maximum absolute atomic E-state index is 14.4. The molecule has 0 radical (unpaired) electrons. The van der Waals surface area contributed by atoms with Crippen molar-refractivity contribution in [1.29, 1.82) is 0 Å². The number of Topliss-reactive ketones (excluding diaryl/α,β-unsaturated/α-hetero) is 1. The first-order valence-electron chi connectivity index (χ1n) is 7.86. The van der Waals surface area contributed by atoms with E-state index >= 15 is 0 Å². The summed E-state index contributed by atoms with van der Waals surface area (Å²) in [6, 6.07) is -0.233. The van der Waals surface area contributed by atoms with Crippen LogP contribution in [0, 0.1) is 11.6 Å². The van der Waals surface area contributed by atoms with Crippen molar-refractivity contribution in [3.63, 3.8) is 0 Å². The summed E-state index contributed by atoms with van der Waals surface area (Å²) in [7, 11) is -3.84. The number of rotatable bonds is 6. The third-order valence-corrected chi connectivity index (χ3v) is 5.68. The Labute approximate surface area is 158 Å². The van der Waals surface area contributed by atoms with E-state index in [2.05, 4.69) is 25.2 Å². The summed E-state index contributed by atoms with van der Waals surface area (Å²) in [5.74, 6) is -4.19. The van der Waals surface area contributed by atoms with Gasteiger partial charge in [-0.25, -0.2) is 17.2 Å². The summed E-state index contributed by atoms with van der Waals surface area (Å²) in [4.78, 5) is 20.8. The molecule has 2 atom stereocenters. The monoisotopic (exact) mass is 417 g/mol. The molecule has 3 rings (SSSR count). The number of carbonyl (C=O) groups is 1. The van der Waals surface area contributed by atoms with Crippen molar-refractivity contribution in [1.82, 2.24) is 5.43 Å². The number of carbonyl (C=O) groups excluding carboxylic acids is 1. The predicted octanol–water partition coefficient (Wildman–Crippen LogP) is 1.76. The van der Waals surface area contributed by atoms with Gasteiger partial charge in [-0.05, 0) is 6.42 Å². The number of nitrogens with zero attached hydrogens (tertiary/aromatic N) is 3. The first-order chi connectivity index (χ1) is 12.7. The highest BCUT2D eigenvalue weighted by Gasteiger charge is 2.39. The standard InChI is InChI=1S/C15H14ClF2N5O3S/c1-2-5-27(25,26)23-8-6-7(17)11(18)9(10(8)16)14(24)12-13-15(22-21-12)20-4-3-19-13/h3-4,6,13,15,22-23H,2,5H2,1H3. The van der Waals surface area contributed by atoms with Crippen molar-refractivity contribution in [2.45, 2.75) is 25.6 Å². The van der Waals surface area contributed by atoms with Crippen LogP contribution in [0.2, 0.25) is 5.02 Å². The lowest BCUT2D eigenvalue weighted by Crippen LogP contribution is -2.37. The van der Waals surface area contributed by atoms with Crippen LogP contribution >= 0.6 is 11.6 Å².